The number of nitrogens with zero attached hydrogens (tertiary/aromatic N) is 2. The number of nitriles is 1. The lowest BCUT2D eigenvalue weighted by Gasteiger charge is -2.08. The summed E-state index contributed by atoms with van der Waals surface area (Å²) in [5.74, 6) is -0.691. The molecular formula is C15H13N3O3. The third-order valence-electron chi connectivity index (χ3n) is 3.10. The first kappa shape index (κ1) is 14.3. The van der Waals surface area contributed by atoms with Crippen molar-refractivity contribution in [3.05, 3.63) is 47.3 Å². The number of benzene rings is 1. The SMILES string of the molecule is COC(=O)c1c(N)c(C#N)cn1-c1ccc(C(C)=O)cc1. The number of Topliss-reactive ketones (excluding diaryl/α,β-unsaturated/α-hetero) is 1. The fourth-order valence-corrected chi connectivity index (χ4v) is 1.97. The van der Waals surface area contributed by atoms with E-state index >= 15 is 0 Å². The first-order chi connectivity index (χ1) is 9.99. The predicted octanol–water partition coefficient (Wildman–Crippen LogP) is 1.92. The summed E-state index contributed by atoms with van der Waals surface area (Å²) in [4.78, 5) is 23.1. The van der Waals surface area contributed by atoms with Crippen LogP contribution in [0.2, 0.25) is 0 Å². The van der Waals surface area contributed by atoms with Gasteiger partial charge in [-0.2, -0.15) is 5.26 Å². The van der Waals surface area contributed by atoms with Crippen molar-refractivity contribution in [1.29, 1.82) is 5.26 Å². The monoisotopic (exact) mass is 283 g/mol. The molecule has 0 spiro atoms. The third-order valence-corrected chi connectivity index (χ3v) is 3.10. The predicted molar refractivity (Wildman–Crippen MR) is 76.2 cm³/mol. The molecule has 1 aromatic heterocycles. The summed E-state index contributed by atoms with van der Waals surface area (Å²) in [5.41, 5.74) is 7.31. The van der Waals surface area contributed by atoms with E-state index in [9.17, 15) is 9.59 Å². The highest BCUT2D eigenvalue weighted by Crippen LogP contribution is 2.24. The Morgan fingerprint density at radius 1 is 1.29 bits per heavy atom. The van der Waals surface area contributed by atoms with Crippen LogP contribution in [-0.4, -0.2) is 23.4 Å². The fraction of sp³-hybridized carbons (Fsp3) is 0.133. The quantitative estimate of drug-likeness (QED) is 0.685. The van der Waals surface area contributed by atoms with Gasteiger partial charge < -0.3 is 15.0 Å². The summed E-state index contributed by atoms with van der Waals surface area (Å²) >= 11 is 0. The lowest BCUT2D eigenvalue weighted by molar-refractivity contribution is 0.0593. The van der Waals surface area contributed by atoms with Gasteiger partial charge in [0.15, 0.2) is 11.5 Å². The van der Waals surface area contributed by atoms with Crippen molar-refractivity contribution in [3.8, 4) is 11.8 Å². The second-order valence-electron chi connectivity index (χ2n) is 4.38. The van der Waals surface area contributed by atoms with E-state index in [2.05, 4.69) is 0 Å². The molecule has 1 heterocycles. The molecule has 0 saturated heterocycles. The summed E-state index contributed by atoms with van der Waals surface area (Å²) in [6.45, 7) is 1.47. The van der Waals surface area contributed by atoms with Gasteiger partial charge in [-0.15, -0.1) is 0 Å². The van der Waals surface area contributed by atoms with Crippen LogP contribution in [0.1, 0.15) is 33.3 Å². The van der Waals surface area contributed by atoms with E-state index in [1.54, 1.807) is 24.3 Å². The van der Waals surface area contributed by atoms with Gasteiger partial charge in [-0.05, 0) is 31.2 Å². The zero-order valence-corrected chi connectivity index (χ0v) is 11.6. The molecule has 0 amide bonds. The van der Waals surface area contributed by atoms with E-state index in [1.165, 1.54) is 24.8 Å². The number of carbonyl (C=O) groups excluding carboxylic acids is 2. The number of nitrogen functional groups attached to an aromatic ring is 1. The number of methoxy groups -OCH3 is 1. The van der Waals surface area contributed by atoms with Gasteiger partial charge in [0.1, 0.15) is 6.07 Å². The summed E-state index contributed by atoms with van der Waals surface area (Å²) in [6, 6.07) is 8.55. The topological polar surface area (TPSA) is 98.1 Å². The first-order valence-corrected chi connectivity index (χ1v) is 6.10. The molecule has 0 atom stereocenters. The van der Waals surface area contributed by atoms with Gasteiger partial charge in [0, 0.05) is 17.4 Å². The van der Waals surface area contributed by atoms with Crippen LogP contribution < -0.4 is 5.73 Å². The van der Waals surface area contributed by atoms with E-state index in [0.29, 0.717) is 11.3 Å². The Balaban J connectivity index is 2.60. The highest BCUT2D eigenvalue weighted by molar-refractivity contribution is 5.96. The molecule has 0 radical (unpaired) electrons. The maximum Gasteiger partial charge on any atom is 0.357 e. The number of esters is 1. The normalized spacial score (nSPS) is 9.95. The van der Waals surface area contributed by atoms with E-state index in [4.69, 9.17) is 15.7 Å². The zero-order chi connectivity index (χ0) is 15.6. The Bertz CT molecular complexity index is 752. The van der Waals surface area contributed by atoms with E-state index < -0.39 is 5.97 Å². The van der Waals surface area contributed by atoms with Gasteiger partial charge in [-0.25, -0.2) is 4.79 Å². The molecule has 2 N–H and O–H groups in total. The standard InChI is InChI=1S/C15H13N3O3/c1-9(19)10-3-5-12(6-4-10)18-8-11(7-16)13(17)14(18)15(20)21-2/h3-6,8H,17H2,1-2H3. The van der Waals surface area contributed by atoms with Crippen molar-refractivity contribution in [2.24, 2.45) is 0 Å². The van der Waals surface area contributed by atoms with Crippen LogP contribution in [0.5, 0.6) is 0 Å². The summed E-state index contributed by atoms with van der Waals surface area (Å²) in [5, 5.41) is 9.03. The van der Waals surface area contributed by atoms with Crippen molar-refractivity contribution in [1.82, 2.24) is 4.57 Å². The second-order valence-corrected chi connectivity index (χ2v) is 4.38. The smallest absolute Gasteiger partial charge is 0.357 e. The summed E-state index contributed by atoms with van der Waals surface area (Å²) in [6.07, 6.45) is 1.46. The lowest BCUT2D eigenvalue weighted by Crippen LogP contribution is -2.11. The number of ether oxygens (including phenoxy) is 1. The number of nitrogens with two attached hydrogens (primary N) is 1. The van der Waals surface area contributed by atoms with E-state index in [-0.39, 0.29) is 22.7 Å². The molecule has 0 aliphatic carbocycles. The Labute approximate surface area is 121 Å². The largest absolute Gasteiger partial charge is 0.464 e. The molecule has 0 bridgehead atoms. The second kappa shape index (κ2) is 5.51. The highest BCUT2D eigenvalue weighted by atomic mass is 16.5. The minimum absolute atomic E-state index is 0.0560. The minimum Gasteiger partial charge on any atom is -0.464 e. The van der Waals surface area contributed by atoms with Crippen LogP contribution in [0.3, 0.4) is 0 Å². The van der Waals surface area contributed by atoms with Gasteiger partial charge in [-0.1, -0.05) is 0 Å². The molecular weight excluding hydrogens is 270 g/mol. The van der Waals surface area contributed by atoms with Crippen molar-refractivity contribution in [3.63, 3.8) is 0 Å². The van der Waals surface area contributed by atoms with Gasteiger partial charge in [0.25, 0.3) is 0 Å². The lowest BCUT2D eigenvalue weighted by atomic mass is 10.1. The molecule has 1 aromatic carbocycles. The number of ketones is 1. The Morgan fingerprint density at radius 2 is 1.90 bits per heavy atom. The zero-order valence-electron chi connectivity index (χ0n) is 11.6. The number of hydrogen-bond acceptors (Lipinski definition) is 5. The van der Waals surface area contributed by atoms with Crippen molar-refractivity contribution in [2.75, 3.05) is 12.8 Å². The first-order valence-electron chi connectivity index (χ1n) is 6.10. The maximum absolute atomic E-state index is 11.8. The fourth-order valence-electron chi connectivity index (χ4n) is 1.97. The van der Waals surface area contributed by atoms with Crippen LogP contribution in [0.4, 0.5) is 5.69 Å². The summed E-state index contributed by atoms with van der Waals surface area (Å²) in [7, 11) is 1.24. The van der Waals surface area contributed by atoms with Crippen LogP contribution >= 0.6 is 0 Å². The number of anilines is 1. The third kappa shape index (κ3) is 2.49. The Kier molecular flexibility index (Phi) is 3.76. The summed E-state index contributed by atoms with van der Waals surface area (Å²) < 4.78 is 6.17. The van der Waals surface area contributed by atoms with Gasteiger partial charge in [-0.3, -0.25) is 4.79 Å². The molecule has 0 saturated carbocycles. The molecule has 106 valence electrons. The van der Waals surface area contributed by atoms with Crippen LogP contribution in [0.25, 0.3) is 5.69 Å². The maximum atomic E-state index is 11.8. The van der Waals surface area contributed by atoms with Crippen LogP contribution in [0.15, 0.2) is 30.5 Å². The number of carbonyl (C=O) groups is 2. The molecule has 0 aliphatic heterocycles. The molecule has 2 aromatic rings. The van der Waals surface area contributed by atoms with Gasteiger partial charge in [0.2, 0.25) is 0 Å². The van der Waals surface area contributed by atoms with Crippen LogP contribution in [0, 0.1) is 11.3 Å². The molecule has 6 nitrogen and oxygen atoms in total. The molecule has 6 heteroatoms. The van der Waals surface area contributed by atoms with Crippen molar-refractivity contribution in [2.45, 2.75) is 6.92 Å². The number of rotatable bonds is 3. The van der Waals surface area contributed by atoms with Gasteiger partial charge in [0.05, 0.1) is 18.4 Å². The number of hydrogen-bond donors (Lipinski definition) is 1. The molecule has 21 heavy (non-hydrogen) atoms. The Morgan fingerprint density at radius 3 is 2.38 bits per heavy atom. The molecule has 0 aliphatic rings. The van der Waals surface area contributed by atoms with Crippen LogP contribution in [-0.2, 0) is 4.74 Å². The molecule has 2 rings (SSSR count). The van der Waals surface area contributed by atoms with Gasteiger partial charge >= 0.3 is 5.97 Å². The van der Waals surface area contributed by atoms with E-state index in [1.807, 2.05) is 6.07 Å². The highest BCUT2D eigenvalue weighted by Gasteiger charge is 2.21. The van der Waals surface area contributed by atoms with Crippen molar-refractivity contribution < 1.29 is 14.3 Å². The van der Waals surface area contributed by atoms with E-state index in [0.717, 1.165) is 0 Å². The molecule has 0 fully saturated rings. The Hall–Kier alpha value is -3.07. The average molecular weight is 283 g/mol. The number of aromatic nitrogens is 1. The average Bonchev–Trinajstić information content (AvgIpc) is 2.83. The minimum atomic E-state index is -0.635. The molecule has 0 unspecified atom stereocenters. The van der Waals surface area contributed by atoms with Crippen molar-refractivity contribution >= 4 is 17.4 Å².